The molecule has 0 aliphatic heterocycles. The highest BCUT2D eigenvalue weighted by Crippen LogP contribution is 2.49. The van der Waals surface area contributed by atoms with Crippen molar-refractivity contribution in [2.75, 3.05) is 0 Å². The number of carboxylic acids is 1. The van der Waals surface area contributed by atoms with Crippen molar-refractivity contribution in [1.29, 1.82) is 0 Å². The monoisotopic (exact) mass is 265 g/mol. The second-order valence-corrected chi connectivity index (χ2v) is 6.55. The van der Waals surface area contributed by atoms with Crippen LogP contribution in [-0.4, -0.2) is 23.0 Å². The predicted octanol–water partition coefficient (Wildman–Crippen LogP) is 2.18. The van der Waals surface area contributed by atoms with Crippen LogP contribution in [0.5, 0.6) is 0 Å². The SMILES string of the molecule is O=C(O)C1C2CCC(CC2)C1C(=O)NC1CCCC1. The van der Waals surface area contributed by atoms with E-state index in [1.54, 1.807) is 0 Å². The normalized spacial score (nSPS) is 38.3. The molecule has 4 fully saturated rings. The fraction of sp³-hybridized carbons (Fsp3) is 0.867. The summed E-state index contributed by atoms with van der Waals surface area (Å²) in [4.78, 5) is 24.0. The summed E-state index contributed by atoms with van der Waals surface area (Å²) in [7, 11) is 0. The zero-order valence-electron chi connectivity index (χ0n) is 11.3. The third kappa shape index (κ3) is 2.37. The van der Waals surface area contributed by atoms with Crippen LogP contribution in [0.15, 0.2) is 0 Å². The number of hydrogen-bond acceptors (Lipinski definition) is 2. The van der Waals surface area contributed by atoms with Crippen LogP contribution in [0, 0.1) is 23.7 Å². The first-order valence-electron chi connectivity index (χ1n) is 7.70. The van der Waals surface area contributed by atoms with Crippen LogP contribution in [0.1, 0.15) is 51.4 Å². The number of carbonyl (C=O) groups is 2. The Hall–Kier alpha value is -1.06. The van der Waals surface area contributed by atoms with E-state index in [2.05, 4.69) is 5.32 Å². The molecule has 4 rings (SSSR count). The molecule has 1 amide bonds. The molecule has 106 valence electrons. The van der Waals surface area contributed by atoms with Gasteiger partial charge in [-0.05, 0) is 50.4 Å². The molecule has 4 saturated carbocycles. The number of rotatable bonds is 3. The van der Waals surface area contributed by atoms with Gasteiger partial charge in [0.25, 0.3) is 0 Å². The van der Waals surface area contributed by atoms with E-state index in [1.807, 2.05) is 0 Å². The van der Waals surface area contributed by atoms with Crippen molar-refractivity contribution in [3.63, 3.8) is 0 Å². The molecule has 0 spiro atoms. The number of carboxylic acid groups (broad SMARTS) is 1. The van der Waals surface area contributed by atoms with Crippen molar-refractivity contribution < 1.29 is 14.7 Å². The number of aliphatic carboxylic acids is 1. The lowest BCUT2D eigenvalue weighted by molar-refractivity contribution is -0.158. The van der Waals surface area contributed by atoms with Crippen LogP contribution in [-0.2, 0) is 9.59 Å². The van der Waals surface area contributed by atoms with Gasteiger partial charge in [-0.1, -0.05) is 12.8 Å². The summed E-state index contributed by atoms with van der Waals surface area (Å²) in [5, 5.41) is 12.6. The zero-order valence-corrected chi connectivity index (χ0v) is 11.3. The molecule has 0 aromatic rings. The van der Waals surface area contributed by atoms with Crippen molar-refractivity contribution in [3.05, 3.63) is 0 Å². The van der Waals surface area contributed by atoms with Crippen LogP contribution in [0.3, 0.4) is 0 Å². The van der Waals surface area contributed by atoms with E-state index in [1.165, 1.54) is 12.8 Å². The quantitative estimate of drug-likeness (QED) is 0.822. The first-order valence-corrected chi connectivity index (χ1v) is 7.70. The van der Waals surface area contributed by atoms with Crippen molar-refractivity contribution >= 4 is 11.9 Å². The molecule has 4 heteroatoms. The van der Waals surface area contributed by atoms with Gasteiger partial charge >= 0.3 is 5.97 Å². The number of carbonyl (C=O) groups excluding carboxylic acids is 1. The van der Waals surface area contributed by atoms with Gasteiger partial charge in [-0.25, -0.2) is 0 Å². The molecule has 0 aromatic carbocycles. The molecule has 2 atom stereocenters. The van der Waals surface area contributed by atoms with Crippen molar-refractivity contribution in [1.82, 2.24) is 5.32 Å². The van der Waals surface area contributed by atoms with Gasteiger partial charge in [0.15, 0.2) is 0 Å². The van der Waals surface area contributed by atoms with Crippen LogP contribution in [0.4, 0.5) is 0 Å². The Bertz CT molecular complexity index is 368. The molecule has 4 aliphatic rings. The summed E-state index contributed by atoms with van der Waals surface area (Å²) < 4.78 is 0. The molecule has 2 bridgehead atoms. The summed E-state index contributed by atoms with van der Waals surface area (Å²) in [5.41, 5.74) is 0. The largest absolute Gasteiger partial charge is 0.481 e. The number of nitrogens with one attached hydrogen (secondary N) is 1. The molecule has 0 saturated heterocycles. The fourth-order valence-electron chi connectivity index (χ4n) is 4.55. The van der Waals surface area contributed by atoms with Gasteiger partial charge in [-0.15, -0.1) is 0 Å². The molecule has 0 heterocycles. The molecule has 4 aliphatic carbocycles. The summed E-state index contributed by atoms with van der Waals surface area (Å²) >= 11 is 0. The highest BCUT2D eigenvalue weighted by molar-refractivity contribution is 5.85. The van der Waals surface area contributed by atoms with E-state index in [0.717, 1.165) is 38.5 Å². The summed E-state index contributed by atoms with van der Waals surface area (Å²) in [6.45, 7) is 0. The highest BCUT2D eigenvalue weighted by Gasteiger charge is 2.50. The zero-order chi connectivity index (χ0) is 13.4. The van der Waals surface area contributed by atoms with Crippen LogP contribution in [0.25, 0.3) is 0 Å². The van der Waals surface area contributed by atoms with Gasteiger partial charge in [0.2, 0.25) is 5.91 Å². The average molecular weight is 265 g/mol. The maximum Gasteiger partial charge on any atom is 0.307 e. The molecule has 19 heavy (non-hydrogen) atoms. The first-order chi connectivity index (χ1) is 9.16. The molecule has 0 radical (unpaired) electrons. The van der Waals surface area contributed by atoms with E-state index in [-0.39, 0.29) is 17.7 Å². The van der Waals surface area contributed by atoms with E-state index in [4.69, 9.17) is 0 Å². The lowest BCUT2D eigenvalue weighted by Crippen LogP contribution is -2.52. The van der Waals surface area contributed by atoms with Gasteiger partial charge in [0.05, 0.1) is 11.8 Å². The fourth-order valence-corrected chi connectivity index (χ4v) is 4.55. The molecule has 2 N–H and O–H groups in total. The first kappa shape index (κ1) is 12.9. The maximum atomic E-state index is 12.5. The Labute approximate surface area is 113 Å². The molecule has 0 aromatic heterocycles. The number of fused-ring (bicyclic) bond motifs is 3. The predicted molar refractivity (Wildman–Crippen MR) is 70.5 cm³/mol. The van der Waals surface area contributed by atoms with E-state index in [9.17, 15) is 14.7 Å². The van der Waals surface area contributed by atoms with E-state index in [0.29, 0.717) is 12.0 Å². The third-order valence-electron chi connectivity index (χ3n) is 5.51. The Morgan fingerprint density at radius 2 is 1.37 bits per heavy atom. The van der Waals surface area contributed by atoms with E-state index >= 15 is 0 Å². The molecular weight excluding hydrogens is 242 g/mol. The Balaban J connectivity index is 1.72. The van der Waals surface area contributed by atoms with Crippen LogP contribution >= 0.6 is 0 Å². The van der Waals surface area contributed by atoms with Gasteiger partial charge in [0, 0.05) is 6.04 Å². The third-order valence-corrected chi connectivity index (χ3v) is 5.51. The Morgan fingerprint density at radius 3 is 1.89 bits per heavy atom. The second kappa shape index (κ2) is 5.14. The van der Waals surface area contributed by atoms with Crippen molar-refractivity contribution in [3.8, 4) is 0 Å². The molecule has 4 nitrogen and oxygen atoms in total. The Kier molecular flexibility index (Phi) is 3.50. The van der Waals surface area contributed by atoms with Gasteiger partial charge in [-0.3, -0.25) is 9.59 Å². The number of hydrogen-bond donors (Lipinski definition) is 2. The smallest absolute Gasteiger partial charge is 0.307 e. The van der Waals surface area contributed by atoms with Crippen molar-refractivity contribution in [2.45, 2.75) is 57.4 Å². The molecular formula is C15H23NO3. The lowest BCUT2D eigenvalue weighted by atomic mass is 9.58. The van der Waals surface area contributed by atoms with Gasteiger partial charge < -0.3 is 10.4 Å². The number of amides is 1. The molecule has 2 unspecified atom stereocenters. The average Bonchev–Trinajstić information content (AvgIpc) is 2.91. The lowest BCUT2D eigenvalue weighted by Gasteiger charge is -2.46. The topological polar surface area (TPSA) is 66.4 Å². The van der Waals surface area contributed by atoms with E-state index < -0.39 is 11.9 Å². The Morgan fingerprint density at radius 1 is 0.842 bits per heavy atom. The van der Waals surface area contributed by atoms with Gasteiger partial charge in [0.1, 0.15) is 0 Å². The standard InChI is InChI=1S/C15H23NO3/c17-14(16-11-3-1-2-4-11)12-9-5-7-10(8-6-9)13(12)15(18)19/h9-13H,1-8H2,(H,16,17)(H,18,19). The highest BCUT2D eigenvalue weighted by atomic mass is 16.4. The minimum atomic E-state index is -0.763. The minimum Gasteiger partial charge on any atom is -0.481 e. The summed E-state index contributed by atoms with van der Waals surface area (Å²) in [6.07, 6.45) is 8.56. The van der Waals surface area contributed by atoms with Crippen molar-refractivity contribution in [2.24, 2.45) is 23.7 Å². The minimum absolute atomic E-state index is 0.0219. The summed E-state index contributed by atoms with van der Waals surface area (Å²) in [6, 6.07) is 0.294. The summed E-state index contributed by atoms with van der Waals surface area (Å²) in [5.74, 6) is -0.927. The van der Waals surface area contributed by atoms with Crippen LogP contribution < -0.4 is 5.32 Å². The van der Waals surface area contributed by atoms with Gasteiger partial charge in [-0.2, -0.15) is 0 Å². The maximum absolute atomic E-state index is 12.5. The van der Waals surface area contributed by atoms with Crippen LogP contribution in [0.2, 0.25) is 0 Å². The second-order valence-electron chi connectivity index (χ2n) is 6.55.